The zero-order valence-corrected chi connectivity index (χ0v) is 14.7. The van der Waals surface area contributed by atoms with E-state index < -0.39 is 0 Å². The average Bonchev–Trinajstić information content (AvgIpc) is 2.35. The maximum absolute atomic E-state index is 5.41. The summed E-state index contributed by atoms with van der Waals surface area (Å²) in [6, 6.07) is 2.12. The van der Waals surface area contributed by atoms with Gasteiger partial charge in [0.15, 0.2) is 0 Å². The minimum absolute atomic E-state index is 0.0868. The summed E-state index contributed by atoms with van der Waals surface area (Å²) >= 11 is 3.50. The van der Waals surface area contributed by atoms with Crippen molar-refractivity contribution in [3.63, 3.8) is 0 Å². The van der Waals surface area contributed by atoms with Crippen molar-refractivity contribution in [2.24, 2.45) is 0 Å². The van der Waals surface area contributed by atoms with E-state index in [0.717, 1.165) is 36.6 Å². The minimum Gasteiger partial charge on any atom is -0.380 e. The molecule has 0 radical (unpaired) electrons. The summed E-state index contributed by atoms with van der Waals surface area (Å²) in [7, 11) is 2.05. The van der Waals surface area contributed by atoms with E-state index in [9.17, 15) is 0 Å². The van der Waals surface area contributed by atoms with Crippen molar-refractivity contribution in [3.8, 4) is 0 Å². The first-order valence-corrected chi connectivity index (χ1v) is 7.81. The third kappa shape index (κ3) is 6.20. The van der Waals surface area contributed by atoms with Crippen LogP contribution < -0.4 is 10.2 Å². The fourth-order valence-corrected chi connectivity index (χ4v) is 2.14. The van der Waals surface area contributed by atoms with Gasteiger partial charge in [-0.1, -0.05) is 0 Å². The van der Waals surface area contributed by atoms with Crippen LogP contribution >= 0.6 is 15.9 Å². The van der Waals surface area contributed by atoms with Crippen LogP contribution in [0.25, 0.3) is 0 Å². The highest BCUT2D eigenvalue weighted by molar-refractivity contribution is 9.10. The van der Waals surface area contributed by atoms with Crippen LogP contribution in [0.15, 0.2) is 16.7 Å². The van der Waals surface area contributed by atoms with E-state index in [4.69, 9.17) is 4.74 Å². The molecule has 1 N–H and O–H groups in total. The Kier molecular flexibility index (Phi) is 6.92. The Morgan fingerprint density at radius 2 is 2.10 bits per heavy atom. The predicted octanol–water partition coefficient (Wildman–Crippen LogP) is 3.20. The Morgan fingerprint density at radius 3 is 2.70 bits per heavy atom. The lowest BCUT2D eigenvalue weighted by molar-refractivity contribution is 0.154. The van der Waals surface area contributed by atoms with Gasteiger partial charge in [0.05, 0.1) is 6.61 Å². The molecule has 0 spiro atoms. The van der Waals surface area contributed by atoms with Crippen molar-refractivity contribution in [2.75, 3.05) is 31.7 Å². The molecule has 114 valence electrons. The number of aromatic nitrogens is 1. The molecule has 0 saturated carbocycles. The van der Waals surface area contributed by atoms with E-state index in [-0.39, 0.29) is 5.54 Å². The van der Waals surface area contributed by atoms with Crippen LogP contribution in [0.3, 0.4) is 0 Å². The normalized spacial score (nSPS) is 11.7. The summed E-state index contributed by atoms with van der Waals surface area (Å²) in [4.78, 5) is 6.68. The first-order valence-electron chi connectivity index (χ1n) is 7.02. The van der Waals surface area contributed by atoms with Gasteiger partial charge in [-0.25, -0.2) is 4.98 Å². The van der Waals surface area contributed by atoms with E-state index in [1.807, 2.05) is 13.1 Å². The number of rotatable bonds is 7. The highest BCUT2D eigenvalue weighted by Crippen LogP contribution is 2.21. The van der Waals surface area contributed by atoms with Crippen LogP contribution in [-0.2, 0) is 11.3 Å². The first-order chi connectivity index (χ1) is 9.33. The smallest absolute Gasteiger partial charge is 0.132 e. The average molecular weight is 344 g/mol. The van der Waals surface area contributed by atoms with E-state index in [2.05, 4.69) is 65.0 Å². The van der Waals surface area contributed by atoms with Gasteiger partial charge in [-0.15, -0.1) is 0 Å². The number of nitrogens with one attached hydrogen (secondary N) is 1. The molecule has 0 aliphatic heterocycles. The Balaban J connectivity index is 2.78. The molecule has 0 aromatic carbocycles. The molecule has 0 amide bonds. The summed E-state index contributed by atoms with van der Waals surface area (Å²) < 4.78 is 6.41. The summed E-state index contributed by atoms with van der Waals surface area (Å²) in [5.74, 6) is 1.00. The van der Waals surface area contributed by atoms with Crippen molar-refractivity contribution < 1.29 is 4.74 Å². The lowest BCUT2D eigenvalue weighted by Crippen LogP contribution is -2.36. The topological polar surface area (TPSA) is 37.4 Å². The summed E-state index contributed by atoms with van der Waals surface area (Å²) in [5.41, 5.74) is 1.28. The van der Waals surface area contributed by atoms with Crippen LogP contribution in [0, 0.1) is 0 Å². The molecule has 1 rings (SSSR count). The molecule has 0 atom stereocenters. The molecule has 1 heterocycles. The van der Waals surface area contributed by atoms with E-state index >= 15 is 0 Å². The lowest BCUT2D eigenvalue weighted by atomic mass is 10.1. The van der Waals surface area contributed by atoms with Gasteiger partial charge in [0, 0.05) is 48.5 Å². The largest absolute Gasteiger partial charge is 0.380 e. The second kappa shape index (κ2) is 7.96. The highest BCUT2D eigenvalue weighted by atomic mass is 79.9. The van der Waals surface area contributed by atoms with Crippen LogP contribution in [0.1, 0.15) is 33.3 Å². The molecule has 20 heavy (non-hydrogen) atoms. The third-order valence-corrected chi connectivity index (χ3v) is 3.29. The zero-order valence-electron chi connectivity index (χ0n) is 13.2. The fourth-order valence-electron chi connectivity index (χ4n) is 1.76. The minimum atomic E-state index is 0.0868. The molecule has 5 heteroatoms. The number of pyridine rings is 1. The third-order valence-electron chi connectivity index (χ3n) is 2.86. The van der Waals surface area contributed by atoms with Crippen LogP contribution in [0.5, 0.6) is 0 Å². The van der Waals surface area contributed by atoms with Gasteiger partial charge in [0.1, 0.15) is 5.82 Å². The number of hydrogen-bond donors (Lipinski definition) is 1. The van der Waals surface area contributed by atoms with Crippen molar-refractivity contribution in [3.05, 3.63) is 22.3 Å². The number of likely N-dealkylation sites (N-methyl/N-ethyl adjacent to an activating group) is 1. The SMILES string of the molecule is CCOCCN(C)c1ncc(Br)cc1CNC(C)(C)C. The van der Waals surface area contributed by atoms with Crippen molar-refractivity contribution in [1.29, 1.82) is 0 Å². The summed E-state index contributed by atoms with van der Waals surface area (Å²) in [6.07, 6.45) is 1.84. The number of ether oxygens (including phenoxy) is 1. The van der Waals surface area contributed by atoms with Gasteiger partial charge >= 0.3 is 0 Å². The molecule has 0 fully saturated rings. The number of halogens is 1. The Hall–Kier alpha value is -0.650. The quantitative estimate of drug-likeness (QED) is 0.771. The summed E-state index contributed by atoms with van der Waals surface area (Å²) in [5, 5.41) is 3.51. The second-order valence-electron chi connectivity index (χ2n) is 5.86. The molecule has 0 aliphatic carbocycles. The number of hydrogen-bond acceptors (Lipinski definition) is 4. The molecular weight excluding hydrogens is 318 g/mol. The van der Waals surface area contributed by atoms with E-state index in [1.165, 1.54) is 5.56 Å². The van der Waals surface area contributed by atoms with Gasteiger partial charge in [-0.2, -0.15) is 0 Å². The molecule has 1 aromatic heterocycles. The molecular formula is C15H26BrN3O. The maximum atomic E-state index is 5.41. The monoisotopic (exact) mass is 343 g/mol. The molecule has 1 aromatic rings. The first kappa shape index (κ1) is 17.4. The number of anilines is 1. The lowest BCUT2D eigenvalue weighted by Gasteiger charge is -2.25. The van der Waals surface area contributed by atoms with Crippen LogP contribution in [0.2, 0.25) is 0 Å². The Labute approximate surface area is 131 Å². The molecule has 0 aliphatic rings. The second-order valence-corrected chi connectivity index (χ2v) is 6.77. The van der Waals surface area contributed by atoms with Gasteiger partial charge in [0.2, 0.25) is 0 Å². The molecule has 4 nitrogen and oxygen atoms in total. The van der Waals surface area contributed by atoms with Gasteiger partial charge in [-0.3, -0.25) is 0 Å². The molecule has 0 unspecified atom stereocenters. The van der Waals surface area contributed by atoms with Gasteiger partial charge < -0.3 is 15.0 Å². The zero-order chi connectivity index (χ0) is 15.2. The van der Waals surface area contributed by atoms with E-state index in [1.54, 1.807) is 0 Å². The van der Waals surface area contributed by atoms with Crippen molar-refractivity contribution >= 4 is 21.7 Å². The maximum Gasteiger partial charge on any atom is 0.132 e. The molecule has 0 bridgehead atoms. The Morgan fingerprint density at radius 1 is 1.40 bits per heavy atom. The number of nitrogens with zero attached hydrogens (tertiary/aromatic N) is 2. The van der Waals surface area contributed by atoms with Gasteiger partial charge in [-0.05, 0) is 49.7 Å². The van der Waals surface area contributed by atoms with Crippen LogP contribution in [0.4, 0.5) is 5.82 Å². The fraction of sp³-hybridized carbons (Fsp3) is 0.667. The Bertz CT molecular complexity index is 418. The van der Waals surface area contributed by atoms with Crippen molar-refractivity contribution in [2.45, 2.75) is 39.8 Å². The molecule has 0 saturated heterocycles. The summed E-state index contributed by atoms with van der Waals surface area (Å²) in [6.45, 7) is 11.6. The van der Waals surface area contributed by atoms with Gasteiger partial charge in [0.25, 0.3) is 0 Å². The standard InChI is InChI=1S/C15H26BrN3O/c1-6-20-8-7-19(5)14-12(9-13(16)11-17-14)10-18-15(2,3)4/h9,11,18H,6-8,10H2,1-5H3. The predicted molar refractivity (Wildman–Crippen MR) is 88.3 cm³/mol. The van der Waals surface area contributed by atoms with Crippen LogP contribution in [-0.4, -0.2) is 37.3 Å². The van der Waals surface area contributed by atoms with E-state index in [0.29, 0.717) is 0 Å². The van der Waals surface area contributed by atoms with Crippen molar-refractivity contribution in [1.82, 2.24) is 10.3 Å². The highest BCUT2D eigenvalue weighted by Gasteiger charge is 2.13.